The molecule has 0 radical (unpaired) electrons. The third-order valence-corrected chi connectivity index (χ3v) is 7.73. The molecule has 0 bridgehead atoms. The molecule has 4 aromatic rings. The van der Waals surface area contributed by atoms with Gasteiger partial charge in [-0.1, -0.05) is 33.9 Å². The summed E-state index contributed by atoms with van der Waals surface area (Å²) in [6, 6.07) is 9.69. The number of piperazine rings is 1. The first-order valence-corrected chi connectivity index (χ1v) is 13.1. The second-order valence-electron chi connectivity index (χ2n) is 9.59. The molecule has 1 fully saturated rings. The number of nitrogens with one attached hydrogen (secondary N) is 1. The number of carbonyl (C=O) groups excluding carboxylic acids is 2. The van der Waals surface area contributed by atoms with Gasteiger partial charge in [-0.2, -0.15) is 13.2 Å². The number of hydrogen-bond acceptors (Lipinski definition) is 4. The van der Waals surface area contributed by atoms with Crippen LogP contribution in [0.3, 0.4) is 0 Å². The summed E-state index contributed by atoms with van der Waals surface area (Å²) in [5.41, 5.74) is 0.537. The Kier molecular flexibility index (Phi) is 7.77. The summed E-state index contributed by atoms with van der Waals surface area (Å²) in [6.45, 7) is -1.02. The molecule has 1 saturated heterocycles. The minimum Gasteiger partial charge on any atom is -0.327 e. The number of aromatic amines is 1. The maximum atomic E-state index is 14.9. The van der Waals surface area contributed by atoms with Crippen LogP contribution in [0.1, 0.15) is 21.6 Å². The van der Waals surface area contributed by atoms with Crippen LogP contribution in [0.4, 0.5) is 27.6 Å². The number of quaternary nitrogens is 1. The Morgan fingerprint density at radius 2 is 1.67 bits per heavy atom. The van der Waals surface area contributed by atoms with Crippen molar-refractivity contribution in [1.82, 2.24) is 18.9 Å². The zero-order valence-corrected chi connectivity index (χ0v) is 22.9. The number of aromatic nitrogens is 2. The maximum Gasteiger partial charge on any atom is 0.497 e. The van der Waals surface area contributed by atoms with Gasteiger partial charge in [0, 0.05) is 30.4 Å². The van der Waals surface area contributed by atoms with E-state index in [-0.39, 0.29) is 59.5 Å². The van der Waals surface area contributed by atoms with Gasteiger partial charge in [0.15, 0.2) is 5.69 Å². The third-order valence-electron chi connectivity index (χ3n) is 6.97. The largest absolute Gasteiger partial charge is 0.497 e. The molecule has 5 rings (SSSR count). The molecule has 15 heteroatoms. The number of rotatable bonds is 5. The first-order chi connectivity index (χ1) is 19.8. The van der Waals surface area contributed by atoms with E-state index in [1.54, 1.807) is 0 Å². The van der Waals surface area contributed by atoms with Crippen LogP contribution in [0.2, 0.25) is 10.2 Å². The van der Waals surface area contributed by atoms with Gasteiger partial charge in [0.2, 0.25) is 0 Å². The highest BCUT2D eigenvalue weighted by molar-refractivity contribution is 6.42. The van der Waals surface area contributed by atoms with E-state index in [0.717, 1.165) is 18.2 Å². The molecule has 0 atom stereocenters. The second kappa shape index (κ2) is 11.0. The number of benzene rings is 2. The number of hydroxylamine groups is 2. The van der Waals surface area contributed by atoms with E-state index in [2.05, 4.69) is 4.98 Å². The monoisotopic (exact) mass is 629 g/mol. The molecule has 1 N–H and O–H groups in total. The average molecular weight is 630 g/mol. The Balaban J connectivity index is 1.39. The smallest absolute Gasteiger partial charge is 0.327 e. The predicted octanol–water partition coefficient (Wildman–Crippen LogP) is 5.29. The Labute approximate surface area is 244 Å². The summed E-state index contributed by atoms with van der Waals surface area (Å²) in [5, 5.41) is 0.263. The molecule has 0 spiro atoms. The van der Waals surface area contributed by atoms with E-state index in [9.17, 15) is 36.3 Å². The Hall–Kier alpha value is -3.94. The minimum atomic E-state index is -5.28. The van der Waals surface area contributed by atoms with Crippen molar-refractivity contribution in [3.63, 3.8) is 0 Å². The highest BCUT2D eigenvalue weighted by Crippen LogP contribution is 2.31. The molecule has 1 aliphatic heterocycles. The van der Waals surface area contributed by atoms with Gasteiger partial charge in [0.1, 0.15) is 35.4 Å². The summed E-state index contributed by atoms with van der Waals surface area (Å²) < 4.78 is 68.1. The summed E-state index contributed by atoms with van der Waals surface area (Å²) in [4.78, 5) is 46.0. The molecular weight excluding hydrogens is 610 g/mol. The molecule has 220 valence electrons. The minimum absolute atomic E-state index is 0.0743. The van der Waals surface area contributed by atoms with Gasteiger partial charge in [0.05, 0.1) is 23.7 Å². The number of nitrogens with zero attached hydrogens (tertiary/aromatic N) is 3. The molecule has 0 unspecified atom stereocenters. The molecule has 1 aliphatic rings. The van der Waals surface area contributed by atoms with Gasteiger partial charge < -0.3 is 9.88 Å². The number of hydrogen-bond donors (Lipinski definition) is 1. The number of carbonyl (C=O) groups is 2. The number of halogens is 7. The van der Waals surface area contributed by atoms with Crippen LogP contribution >= 0.6 is 23.2 Å². The number of amides is 1. The summed E-state index contributed by atoms with van der Waals surface area (Å²) in [7, 11) is 0. The highest BCUT2D eigenvalue weighted by atomic mass is 35.5. The van der Waals surface area contributed by atoms with Crippen molar-refractivity contribution in [2.24, 2.45) is 0 Å². The van der Waals surface area contributed by atoms with Crippen molar-refractivity contribution < 1.29 is 36.4 Å². The molecule has 3 heterocycles. The Bertz CT molecular complexity index is 1750. The van der Waals surface area contributed by atoms with Crippen LogP contribution in [-0.4, -0.2) is 58.5 Å². The molecule has 1 amide bonds. The van der Waals surface area contributed by atoms with Gasteiger partial charge in [-0.25, -0.2) is 13.6 Å². The first-order valence-electron chi connectivity index (χ1n) is 12.4. The van der Waals surface area contributed by atoms with Crippen molar-refractivity contribution in [3.8, 4) is 0 Å². The van der Waals surface area contributed by atoms with E-state index in [1.165, 1.54) is 45.8 Å². The summed E-state index contributed by atoms with van der Waals surface area (Å²) >= 11 is 12.4. The lowest BCUT2D eigenvalue weighted by molar-refractivity contribution is -0.238. The SMILES string of the molecule is O=C(c1cc(Cc2c[nH]c(=O)c3cc(Cl)c(Cl)n23)ccc1F)N1CC[N+](OC(=O)C(F)(F)F)(c2ccc(F)cc2)CC1. The lowest BCUT2D eigenvalue weighted by Crippen LogP contribution is -2.63. The van der Waals surface area contributed by atoms with E-state index in [4.69, 9.17) is 28.0 Å². The van der Waals surface area contributed by atoms with Crippen molar-refractivity contribution in [3.05, 3.63) is 104 Å². The van der Waals surface area contributed by atoms with Crippen LogP contribution in [0.25, 0.3) is 5.52 Å². The normalized spacial score (nSPS) is 15.2. The van der Waals surface area contributed by atoms with E-state index >= 15 is 0 Å². The van der Waals surface area contributed by atoms with Crippen molar-refractivity contribution in [2.45, 2.75) is 12.6 Å². The van der Waals surface area contributed by atoms with Gasteiger partial charge in [0.25, 0.3) is 11.5 Å². The van der Waals surface area contributed by atoms with E-state index in [1.807, 2.05) is 0 Å². The second-order valence-corrected chi connectivity index (χ2v) is 10.4. The molecule has 42 heavy (non-hydrogen) atoms. The van der Waals surface area contributed by atoms with Crippen molar-refractivity contribution >= 4 is 46.3 Å². The fourth-order valence-electron chi connectivity index (χ4n) is 4.86. The first kappa shape index (κ1) is 29.5. The topological polar surface area (TPSA) is 83.9 Å². The van der Waals surface area contributed by atoms with Gasteiger partial charge >= 0.3 is 12.1 Å². The van der Waals surface area contributed by atoms with Crippen LogP contribution in [0.15, 0.2) is 59.5 Å². The lowest BCUT2D eigenvalue weighted by atomic mass is 10.0. The number of H-pyrrole nitrogens is 1. The predicted molar refractivity (Wildman–Crippen MR) is 143 cm³/mol. The van der Waals surface area contributed by atoms with Crippen LogP contribution in [0, 0.1) is 11.6 Å². The van der Waals surface area contributed by atoms with E-state index in [0.29, 0.717) is 11.3 Å². The molecule has 8 nitrogen and oxygen atoms in total. The van der Waals surface area contributed by atoms with Gasteiger partial charge in [-0.3, -0.25) is 18.8 Å². The Morgan fingerprint density at radius 3 is 2.31 bits per heavy atom. The quantitative estimate of drug-likeness (QED) is 0.240. The van der Waals surface area contributed by atoms with Crippen molar-refractivity contribution in [1.29, 1.82) is 0 Å². The number of alkyl halides is 3. The fraction of sp³-hybridized carbons (Fsp3) is 0.222. The maximum absolute atomic E-state index is 14.9. The average Bonchev–Trinajstić information content (AvgIpc) is 3.26. The summed E-state index contributed by atoms with van der Waals surface area (Å²) in [5.74, 6) is -4.65. The molecule has 2 aromatic heterocycles. The molecule has 2 aromatic carbocycles. The third kappa shape index (κ3) is 5.59. The zero-order chi connectivity index (χ0) is 30.4. The Morgan fingerprint density at radius 1 is 1.00 bits per heavy atom. The molecule has 0 aliphatic carbocycles. The van der Waals surface area contributed by atoms with E-state index < -0.39 is 39.9 Å². The molecular formula is C27H20Cl2F5N4O4+. The van der Waals surface area contributed by atoms with Crippen LogP contribution in [-0.2, 0) is 16.1 Å². The van der Waals surface area contributed by atoms with Crippen LogP contribution in [0.5, 0.6) is 0 Å². The van der Waals surface area contributed by atoms with Gasteiger partial charge in [-0.15, -0.1) is 0 Å². The van der Waals surface area contributed by atoms with Crippen molar-refractivity contribution in [2.75, 3.05) is 26.2 Å². The highest BCUT2D eigenvalue weighted by Gasteiger charge is 2.50. The summed E-state index contributed by atoms with van der Waals surface area (Å²) in [6.07, 6.45) is -3.74. The van der Waals surface area contributed by atoms with Crippen LogP contribution < -0.4 is 10.2 Å². The lowest BCUT2D eigenvalue weighted by Gasteiger charge is -2.40. The standard InChI is InChI=1S/C27H19Cl2F5N4O4/c28-20-13-22-24(39)35-14-17(37(22)23(20)29)11-15-1-6-21(31)19(12-15)25(40)36-7-9-38(10-8-36,42-26(41)27(32,33)34)18-4-2-16(30)3-5-18/h1-6,12-14H,7-11H2/p+1. The van der Waals surface area contributed by atoms with Gasteiger partial charge in [-0.05, 0) is 35.9 Å². The molecule has 0 saturated carbocycles. The fourth-order valence-corrected chi connectivity index (χ4v) is 5.31. The number of fused-ring (bicyclic) bond motifs is 1. The zero-order valence-electron chi connectivity index (χ0n) is 21.4.